The summed E-state index contributed by atoms with van der Waals surface area (Å²) in [6.45, 7) is 7.45. The molecule has 4 rings (SSSR count). The van der Waals surface area contributed by atoms with Crippen LogP contribution in [0.15, 0.2) is 53.9 Å². The normalized spacial score (nSPS) is 11.0. The van der Waals surface area contributed by atoms with Crippen molar-refractivity contribution < 1.29 is 9.53 Å². The number of thiophene rings is 1. The van der Waals surface area contributed by atoms with Crippen LogP contribution in [0.25, 0.3) is 11.0 Å². The number of nitrogens with zero attached hydrogens (tertiary/aromatic N) is 2. The third kappa shape index (κ3) is 4.39. The highest BCUT2D eigenvalue weighted by Gasteiger charge is 2.15. The van der Waals surface area contributed by atoms with Gasteiger partial charge in [-0.3, -0.25) is 10.1 Å². The Bertz CT molecular complexity index is 1170. The van der Waals surface area contributed by atoms with Gasteiger partial charge in [0.1, 0.15) is 12.4 Å². The van der Waals surface area contributed by atoms with Crippen molar-refractivity contribution in [1.29, 1.82) is 0 Å². The van der Waals surface area contributed by atoms with E-state index < -0.39 is 0 Å². The van der Waals surface area contributed by atoms with Crippen molar-refractivity contribution in [2.75, 3.05) is 5.32 Å². The number of imidazole rings is 1. The second-order valence-corrected chi connectivity index (χ2v) is 8.37. The van der Waals surface area contributed by atoms with Gasteiger partial charge >= 0.3 is 0 Å². The number of aromatic nitrogens is 2. The summed E-state index contributed by atoms with van der Waals surface area (Å²) in [5.74, 6) is 1.28. The Balaban J connectivity index is 1.47. The van der Waals surface area contributed by atoms with Gasteiger partial charge in [0.25, 0.3) is 5.91 Å². The summed E-state index contributed by atoms with van der Waals surface area (Å²) in [5.41, 5.74) is 5.24. The predicted octanol–water partition coefficient (Wildman–Crippen LogP) is 5.96. The van der Waals surface area contributed by atoms with Gasteiger partial charge in [-0.05, 0) is 67.1 Å². The lowest BCUT2D eigenvalue weighted by molar-refractivity contribution is 0.102. The maximum atomic E-state index is 12.8. The summed E-state index contributed by atoms with van der Waals surface area (Å²) in [4.78, 5) is 18.1. The van der Waals surface area contributed by atoms with Crippen molar-refractivity contribution >= 4 is 34.2 Å². The van der Waals surface area contributed by atoms with Gasteiger partial charge in [-0.15, -0.1) is 11.3 Å². The maximum Gasteiger partial charge on any atom is 0.268 e. The number of para-hydroxylation sites is 2. The number of benzene rings is 2. The number of ether oxygens (including phenoxy) is 1. The van der Waals surface area contributed by atoms with E-state index in [1.807, 2.05) is 47.8 Å². The minimum absolute atomic E-state index is 0.148. The molecule has 2 aromatic carbocycles. The number of hydrogen-bond acceptors (Lipinski definition) is 4. The molecule has 5 nitrogen and oxygen atoms in total. The number of fused-ring (bicyclic) bond motifs is 1. The molecular formula is C24H25N3O2S. The van der Waals surface area contributed by atoms with Crippen LogP contribution in [0.3, 0.4) is 0 Å². The molecule has 0 unspecified atom stereocenters. The molecule has 6 heteroatoms. The minimum Gasteiger partial charge on any atom is -0.489 e. The number of nitrogens with one attached hydrogen (secondary N) is 1. The number of carbonyl (C=O) groups is 1. The molecule has 30 heavy (non-hydrogen) atoms. The lowest BCUT2D eigenvalue weighted by Gasteiger charge is -2.08. The molecule has 2 aromatic heterocycles. The van der Waals surface area contributed by atoms with Crippen molar-refractivity contribution in [3.63, 3.8) is 0 Å². The number of hydrogen-bond donors (Lipinski definition) is 1. The molecule has 0 atom stereocenters. The maximum absolute atomic E-state index is 12.8. The standard InChI is InChI=1S/C24H25N3O2S/c1-4-9-27-21-8-6-5-7-20(21)25-24(27)26-23(28)22-13-18(15-30-22)14-29-19-11-16(2)10-17(3)12-19/h5-8,10-13,15H,4,9,14H2,1-3H3,(H,25,26,28). The second-order valence-electron chi connectivity index (χ2n) is 7.46. The molecule has 2 heterocycles. The van der Waals surface area contributed by atoms with Gasteiger partial charge in [-0.1, -0.05) is 25.1 Å². The van der Waals surface area contributed by atoms with Crippen LogP contribution < -0.4 is 10.1 Å². The Hall–Kier alpha value is -3.12. The molecule has 0 saturated heterocycles. The number of rotatable bonds is 7. The quantitative estimate of drug-likeness (QED) is 0.402. The molecule has 0 aliphatic heterocycles. The third-order valence-electron chi connectivity index (χ3n) is 4.81. The molecule has 0 aliphatic carbocycles. The third-order valence-corrected chi connectivity index (χ3v) is 5.78. The molecule has 0 spiro atoms. The van der Waals surface area contributed by atoms with Crippen molar-refractivity contribution in [2.45, 2.75) is 40.3 Å². The van der Waals surface area contributed by atoms with E-state index in [0.29, 0.717) is 17.4 Å². The number of carbonyl (C=O) groups excluding carboxylic acids is 1. The molecule has 0 bridgehead atoms. The average molecular weight is 420 g/mol. The fourth-order valence-corrected chi connectivity index (χ4v) is 4.33. The summed E-state index contributed by atoms with van der Waals surface area (Å²) >= 11 is 1.42. The van der Waals surface area contributed by atoms with Crippen LogP contribution in [-0.2, 0) is 13.2 Å². The Labute approximate surface area is 180 Å². The molecule has 0 aliphatic rings. The summed E-state index contributed by atoms with van der Waals surface area (Å²) in [6, 6.07) is 16.0. The molecule has 154 valence electrons. The highest BCUT2D eigenvalue weighted by molar-refractivity contribution is 7.12. The lowest BCUT2D eigenvalue weighted by Crippen LogP contribution is -2.15. The average Bonchev–Trinajstić information content (AvgIpc) is 3.31. The van der Waals surface area contributed by atoms with Gasteiger partial charge in [0.15, 0.2) is 0 Å². The first-order valence-electron chi connectivity index (χ1n) is 10.1. The van der Waals surface area contributed by atoms with Crippen LogP contribution in [0.5, 0.6) is 5.75 Å². The molecule has 0 saturated carbocycles. The van der Waals surface area contributed by atoms with E-state index >= 15 is 0 Å². The molecule has 0 fully saturated rings. The molecule has 1 N–H and O–H groups in total. The van der Waals surface area contributed by atoms with Crippen molar-refractivity contribution in [3.8, 4) is 5.75 Å². The fourth-order valence-electron chi connectivity index (χ4n) is 3.54. The minimum atomic E-state index is -0.148. The van der Waals surface area contributed by atoms with E-state index in [-0.39, 0.29) is 5.91 Å². The SMILES string of the molecule is CCCn1c(NC(=O)c2cc(COc3cc(C)cc(C)c3)cs2)nc2ccccc21. The van der Waals surface area contributed by atoms with Crippen molar-refractivity contribution in [1.82, 2.24) is 9.55 Å². The van der Waals surface area contributed by atoms with Crippen molar-refractivity contribution in [3.05, 3.63) is 75.5 Å². The topological polar surface area (TPSA) is 56.2 Å². The van der Waals surface area contributed by atoms with E-state index in [4.69, 9.17) is 4.74 Å². The van der Waals surface area contributed by atoms with Gasteiger partial charge in [0.2, 0.25) is 5.95 Å². The number of amides is 1. The van der Waals surface area contributed by atoms with Crippen LogP contribution in [-0.4, -0.2) is 15.5 Å². The van der Waals surface area contributed by atoms with Gasteiger partial charge in [0, 0.05) is 12.1 Å². The first-order chi connectivity index (χ1) is 14.5. The van der Waals surface area contributed by atoms with Crippen LogP contribution >= 0.6 is 11.3 Å². The van der Waals surface area contributed by atoms with Crippen molar-refractivity contribution in [2.24, 2.45) is 0 Å². The summed E-state index contributed by atoms with van der Waals surface area (Å²) in [7, 11) is 0. The zero-order valence-corrected chi connectivity index (χ0v) is 18.3. The van der Waals surface area contributed by atoms with Crippen LogP contribution in [0.4, 0.5) is 5.95 Å². The largest absolute Gasteiger partial charge is 0.489 e. The highest BCUT2D eigenvalue weighted by Crippen LogP contribution is 2.23. The van der Waals surface area contributed by atoms with Crippen LogP contribution in [0.2, 0.25) is 0 Å². The van der Waals surface area contributed by atoms with Crippen LogP contribution in [0, 0.1) is 13.8 Å². The lowest BCUT2D eigenvalue weighted by atomic mass is 10.1. The fraction of sp³-hybridized carbons (Fsp3) is 0.250. The monoisotopic (exact) mass is 419 g/mol. The van der Waals surface area contributed by atoms with Crippen LogP contribution in [0.1, 0.15) is 39.7 Å². The summed E-state index contributed by atoms with van der Waals surface area (Å²) in [5, 5.41) is 4.95. The van der Waals surface area contributed by atoms with Gasteiger partial charge < -0.3 is 9.30 Å². The molecule has 1 amide bonds. The zero-order valence-electron chi connectivity index (χ0n) is 17.4. The number of anilines is 1. The Kier molecular flexibility index (Phi) is 5.86. The van der Waals surface area contributed by atoms with Gasteiger partial charge in [-0.25, -0.2) is 4.98 Å². The highest BCUT2D eigenvalue weighted by atomic mass is 32.1. The Morgan fingerprint density at radius 3 is 2.67 bits per heavy atom. The van der Waals surface area contributed by atoms with E-state index in [0.717, 1.165) is 35.3 Å². The van der Waals surface area contributed by atoms with E-state index in [1.165, 1.54) is 22.5 Å². The molecular weight excluding hydrogens is 394 g/mol. The first-order valence-corrected chi connectivity index (χ1v) is 11.0. The Morgan fingerprint density at radius 1 is 1.13 bits per heavy atom. The van der Waals surface area contributed by atoms with E-state index in [2.05, 4.69) is 41.7 Å². The van der Waals surface area contributed by atoms with Gasteiger partial charge in [0.05, 0.1) is 15.9 Å². The summed E-state index contributed by atoms with van der Waals surface area (Å²) < 4.78 is 7.97. The molecule has 4 aromatic rings. The van der Waals surface area contributed by atoms with E-state index in [9.17, 15) is 4.79 Å². The Morgan fingerprint density at radius 2 is 1.90 bits per heavy atom. The molecule has 0 radical (unpaired) electrons. The van der Waals surface area contributed by atoms with E-state index in [1.54, 1.807) is 0 Å². The summed E-state index contributed by atoms with van der Waals surface area (Å²) in [6.07, 6.45) is 0.960. The predicted molar refractivity (Wildman–Crippen MR) is 123 cm³/mol. The zero-order chi connectivity index (χ0) is 21.1. The first kappa shape index (κ1) is 20.2. The second kappa shape index (κ2) is 8.71. The van der Waals surface area contributed by atoms with Gasteiger partial charge in [-0.2, -0.15) is 0 Å². The smallest absolute Gasteiger partial charge is 0.268 e. The number of aryl methyl sites for hydroxylation is 3.